The van der Waals surface area contributed by atoms with Crippen LogP contribution in [0.15, 0.2) is 0 Å². The van der Waals surface area contributed by atoms with Crippen LogP contribution in [0.3, 0.4) is 0 Å². The fraction of sp³-hybridized carbons (Fsp3) is 0.909. The molecule has 0 bridgehead atoms. The first-order valence-corrected chi connectivity index (χ1v) is 5.45. The highest BCUT2D eigenvalue weighted by atomic mass is 16.4. The summed E-state index contributed by atoms with van der Waals surface area (Å²) in [5.74, 6) is -1.57. The molecule has 4 nitrogen and oxygen atoms in total. The summed E-state index contributed by atoms with van der Waals surface area (Å²) in [7, 11) is 0. The Morgan fingerprint density at radius 1 is 1.47 bits per heavy atom. The van der Waals surface area contributed by atoms with Crippen molar-refractivity contribution >= 4 is 5.97 Å². The quantitative estimate of drug-likeness (QED) is 0.638. The Morgan fingerprint density at radius 3 is 2.53 bits per heavy atom. The fourth-order valence-electron chi connectivity index (χ4n) is 2.19. The lowest BCUT2D eigenvalue weighted by molar-refractivity contribution is -0.149. The number of piperidine rings is 1. The van der Waals surface area contributed by atoms with Crippen LogP contribution in [0.25, 0.3) is 0 Å². The van der Waals surface area contributed by atoms with Gasteiger partial charge in [-0.3, -0.25) is 4.79 Å². The molecule has 4 heteroatoms. The maximum absolute atomic E-state index is 11.1. The number of carboxylic acids is 1. The van der Waals surface area contributed by atoms with Gasteiger partial charge in [-0.25, -0.2) is 0 Å². The molecule has 1 rings (SSSR count). The van der Waals surface area contributed by atoms with Gasteiger partial charge in [0.2, 0.25) is 0 Å². The summed E-state index contributed by atoms with van der Waals surface area (Å²) in [4.78, 5) is 11.1. The molecule has 3 N–H and O–H groups in total. The van der Waals surface area contributed by atoms with Crippen molar-refractivity contribution in [3.8, 4) is 0 Å². The number of nitrogens with one attached hydrogen (secondary N) is 1. The standard InChI is InChI=1S/C11H21NO3/c1-11(2,3)6-7-9(10(14)15)8(13)4-5-12-7/h7-9,12-13H,4-6H2,1-3H3,(H,14,15). The number of aliphatic carboxylic acids is 1. The van der Waals surface area contributed by atoms with Gasteiger partial charge in [0.25, 0.3) is 0 Å². The molecule has 1 aliphatic rings. The topological polar surface area (TPSA) is 69.6 Å². The lowest BCUT2D eigenvalue weighted by Crippen LogP contribution is -2.53. The van der Waals surface area contributed by atoms with Crippen molar-refractivity contribution in [2.45, 2.75) is 45.8 Å². The summed E-state index contributed by atoms with van der Waals surface area (Å²) in [6, 6.07) is -0.119. The summed E-state index contributed by atoms with van der Waals surface area (Å²) < 4.78 is 0. The minimum absolute atomic E-state index is 0.0719. The van der Waals surface area contributed by atoms with Gasteiger partial charge in [-0.1, -0.05) is 20.8 Å². The number of hydrogen-bond acceptors (Lipinski definition) is 3. The lowest BCUT2D eigenvalue weighted by atomic mass is 9.78. The van der Waals surface area contributed by atoms with Gasteiger partial charge < -0.3 is 15.5 Å². The Hall–Kier alpha value is -0.610. The molecule has 0 aromatic heterocycles. The molecule has 0 spiro atoms. The molecule has 0 radical (unpaired) electrons. The highest BCUT2D eigenvalue weighted by Gasteiger charge is 2.38. The summed E-state index contributed by atoms with van der Waals surface area (Å²) in [6.07, 6.45) is 0.578. The van der Waals surface area contributed by atoms with Crippen LogP contribution in [0.1, 0.15) is 33.6 Å². The molecule has 3 unspecified atom stereocenters. The van der Waals surface area contributed by atoms with Crippen LogP contribution in [-0.4, -0.2) is 34.9 Å². The van der Waals surface area contributed by atoms with Crippen molar-refractivity contribution in [3.63, 3.8) is 0 Å². The molecule has 3 atom stereocenters. The number of carbonyl (C=O) groups is 1. The van der Waals surface area contributed by atoms with Gasteiger partial charge in [0, 0.05) is 6.04 Å². The van der Waals surface area contributed by atoms with E-state index in [-0.39, 0.29) is 11.5 Å². The smallest absolute Gasteiger partial charge is 0.310 e. The Bertz CT molecular complexity index is 234. The maximum Gasteiger partial charge on any atom is 0.310 e. The van der Waals surface area contributed by atoms with Crippen molar-refractivity contribution in [2.24, 2.45) is 11.3 Å². The van der Waals surface area contributed by atoms with Crippen LogP contribution < -0.4 is 5.32 Å². The lowest BCUT2D eigenvalue weighted by Gasteiger charge is -2.37. The maximum atomic E-state index is 11.1. The van der Waals surface area contributed by atoms with Gasteiger partial charge in [0.05, 0.1) is 12.0 Å². The summed E-state index contributed by atoms with van der Waals surface area (Å²) in [5, 5.41) is 22.0. The molecular formula is C11H21NO3. The molecule has 0 aromatic rings. The predicted octanol–water partition coefficient (Wildman–Crippen LogP) is 0.846. The van der Waals surface area contributed by atoms with E-state index in [9.17, 15) is 9.90 Å². The molecule has 0 aliphatic carbocycles. The largest absolute Gasteiger partial charge is 0.481 e. The van der Waals surface area contributed by atoms with Crippen molar-refractivity contribution in [1.29, 1.82) is 0 Å². The van der Waals surface area contributed by atoms with E-state index in [4.69, 9.17) is 5.11 Å². The SMILES string of the molecule is CC(C)(C)CC1NCCC(O)C1C(=O)O. The van der Waals surface area contributed by atoms with Gasteiger partial charge in [-0.15, -0.1) is 0 Å². The second-order valence-electron chi connectivity index (χ2n) is 5.55. The molecule has 88 valence electrons. The predicted molar refractivity (Wildman–Crippen MR) is 57.6 cm³/mol. The summed E-state index contributed by atoms with van der Waals surface area (Å²) in [5.41, 5.74) is 0.0719. The molecule has 0 amide bonds. The van der Waals surface area contributed by atoms with Crippen LogP contribution in [0, 0.1) is 11.3 Å². The molecule has 0 saturated carbocycles. The molecule has 1 saturated heterocycles. The van der Waals surface area contributed by atoms with Gasteiger partial charge >= 0.3 is 5.97 Å². The van der Waals surface area contributed by atoms with E-state index in [1.807, 2.05) is 0 Å². The third kappa shape index (κ3) is 3.47. The van der Waals surface area contributed by atoms with E-state index in [1.54, 1.807) is 0 Å². The number of aliphatic hydroxyl groups is 1. The Balaban J connectivity index is 2.71. The minimum atomic E-state index is -0.899. The fourth-order valence-corrected chi connectivity index (χ4v) is 2.19. The Labute approximate surface area is 90.7 Å². The second-order valence-corrected chi connectivity index (χ2v) is 5.55. The van der Waals surface area contributed by atoms with Crippen molar-refractivity contribution in [2.75, 3.05) is 6.54 Å². The molecular weight excluding hydrogens is 194 g/mol. The zero-order chi connectivity index (χ0) is 11.6. The van der Waals surface area contributed by atoms with Crippen molar-refractivity contribution < 1.29 is 15.0 Å². The van der Waals surface area contributed by atoms with E-state index in [0.717, 1.165) is 6.42 Å². The monoisotopic (exact) mass is 215 g/mol. The highest BCUT2D eigenvalue weighted by Crippen LogP contribution is 2.28. The second kappa shape index (κ2) is 4.49. The Morgan fingerprint density at radius 2 is 2.07 bits per heavy atom. The van der Waals surface area contributed by atoms with Crippen LogP contribution in [0.2, 0.25) is 0 Å². The first-order chi connectivity index (χ1) is 6.81. The average Bonchev–Trinajstić information content (AvgIpc) is 1.99. The molecule has 0 aromatic carbocycles. The normalized spacial score (nSPS) is 32.7. The van der Waals surface area contributed by atoms with Gasteiger partial charge in [0.15, 0.2) is 0 Å². The van der Waals surface area contributed by atoms with E-state index in [0.29, 0.717) is 13.0 Å². The first kappa shape index (κ1) is 12.5. The molecule has 1 fully saturated rings. The third-order valence-electron chi connectivity index (χ3n) is 2.81. The average molecular weight is 215 g/mol. The zero-order valence-electron chi connectivity index (χ0n) is 9.66. The van der Waals surface area contributed by atoms with Gasteiger partial charge in [0.1, 0.15) is 0 Å². The number of rotatable bonds is 2. The van der Waals surface area contributed by atoms with Crippen molar-refractivity contribution in [1.82, 2.24) is 5.32 Å². The molecule has 15 heavy (non-hydrogen) atoms. The van der Waals surface area contributed by atoms with Crippen LogP contribution in [0.5, 0.6) is 0 Å². The van der Waals surface area contributed by atoms with Crippen LogP contribution in [0.4, 0.5) is 0 Å². The summed E-state index contributed by atoms with van der Waals surface area (Å²) >= 11 is 0. The number of carboxylic acid groups (broad SMARTS) is 1. The van der Waals surface area contributed by atoms with Gasteiger partial charge in [-0.05, 0) is 24.8 Å². The van der Waals surface area contributed by atoms with Crippen LogP contribution in [-0.2, 0) is 4.79 Å². The van der Waals surface area contributed by atoms with E-state index in [2.05, 4.69) is 26.1 Å². The minimum Gasteiger partial charge on any atom is -0.481 e. The third-order valence-corrected chi connectivity index (χ3v) is 2.81. The first-order valence-electron chi connectivity index (χ1n) is 5.45. The van der Waals surface area contributed by atoms with Crippen molar-refractivity contribution in [3.05, 3.63) is 0 Å². The summed E-state index contributed by atoms with van der Waals surface area (Å²) in [6.45, 7) is 6.93. The van der Waals surface area contributed by atoms with E-state index < -0.39 is 18.0 Å². The zero-order valence-corrected chi connectivity index (χ0v) is 9.66. The highest BCUT2D eigenvalue weighted by molar-refractivity contribution is 5.71. The van der Waals surface area contributed by atoms with E-state index in [1.165, 1.54) is 0 Å². The van der Waals surface area contributed by atoms with Gasteiger partial charge in [-0.2, -0.15) is 0 Å². The Kier molecular flexibility index (Phi) is 3.73. The van der Waals surface area contributed by atoms with Crippen LogP contribution >= 0.6 is 0 Å². The number of aliphatic hydroxyl groups excluding tert-OH is 1. The molecule has 1 aliphatic heterocycles. The molecule has 1 heterocycles. The van der Waals surface area contributed by atoms with E-state index >= 15 is 0 Å². The number of hydrogen-bond donors (Lipinski definition) is 3.